The van der Waals surface area contributed by atoms with Crippen molar-refractivity contribution in [2.24, 2.45) is 0 Å². The predicted molar refractivity (Wildman–Crippen MR) is 28.0 cm³/mol. The molecular weight excluding hydrogens is 242 g/mol. The second-order valence-corrected chi connectivity index (χ2v) is 7.49. The van der Waals surface area contributed by atoms with Crippen LogP contribution < -0.4 is 0 Å². The number of hydrogen-bond donors (Lipinski definition) is 0. The Morgan fingerprint density at radius 3 is 2.17 bits per heavy atom. The van der Waals surface area contributed by atoms with Gasteiger partial charge in [0, 0.05) is 0 Å². The summed E-state index contributed by atoms with van der Waals surface area (Å²) in [6.45, 7) is 4.54. The fraction of sp³-hybridized carbons (Fsp3) is 1.00. The third-order valence-corrected chi connectivity index (χ3v) is 2.91. The van der Waals surface area contributed by atoms with Crippen molar-refractivity contribution in [2.75, 3.05) is 12.8 Å². The van der Waals surface area contributed by atoms with E-state index in [1.807, 2.05) is 0 Å². The normalized spacial score (nSPS) is 14.7. The molecular formula is C4H10DyP. The van der Waals surface area contributed by atoms with Crippen LogP contribution in [0.5, 0.6) is 0 Å². The molecule has 0 bridgehead atoms. The van der Waals surface area contributed by atoms with Crippen molar-refractivity contribution < 1.29 is 35.5 Å². The molecule has 0 aliphatic carbocycles. The van der Waals surface area contributed by atoms with Crippen molar-refractivity contribution >= 4 is 3.26 Å². The van der Waals surface area contributed by atoms with Crippen LogP contribution in [0.2, 0.25) is 0 Å². The molecule has 6 heavy (non-hydrogen) atoms. The van der Waals surface area contributed by atoms with E-state index in [2.05, 4.69) is 49.1 Å². The fourth-order valence-corrected chi connectivity index (χ4v) is 2.24. The van der Waals surface area contributed by atoms with Gasteiger partial charge in [-0.2, -0.15) is 0 Å². The third kappa shape index (κ3) is 5.70. The summed E-state index contributed by atoms with van der Waals surface area (Å²) in [5, 5.41) is 0. The Hall–Kier alpha value is 1.70. The maximum atomic E-state index is 2.49. The molecule has 1 unspecified atom stereocenters. The molecule has 0 radical (unpaired) electrons. The van der Waals surface area contributed by atoms with Crippen LogP contribution in [-0.2, 0) is 0 Å². The van der Waals surface area contributed by atoms with Gasteiger partial charge in [0.2, 0.25) is 0 Å². The molecule has 0 spiro atoms. The molecule has 0 nitrogen and oxygen atoms in total. The minimum atomic E-state index is 0.372. The molecule has 0 N–H and O–H groups in total. The van der Waals surface area contributed by atoms with Gasteiger partial charge in [-0.15, -0.1) is 0 Å². The molecule has 41 valence electrons. The predicted octanol–water partition coefficient (Wildman–Crippen LogP) is 1.97. The standard InChI is InChI=1S/C4H10P.Dy/c1-3-4-5-2;/h3-4H2,1-2H3;/q-1;+1. The maximum absolute atomic E-state index is 2.49. The summed E-state index contributed by atoms with van der Waals surface area (Å²) < 4.78 is 0.372. The first-order valence-electron chi connectivity index (χ1n) is 2.11. The number of hydrogen-bond acceptors (Lipinski definition) is 0. The summed E-state index contributed by atoms with van der Waals surface area (Å²) in [7, 11) is 0. The van der Waals surface area contributed by atoms with E-state index < -0.39 is 0 Å². The zero-order valence-electron chi connectivity index (χ0n) is 4.18. The Labute approximate surface area is 64.2 Å². The van der Waals surface area contributed by atoms with E-state index in [0.29, 0.717) is 3.26 Å². The van der Waals surface area contributed by atoms with Crippen LogP contribution in [0.25, 0.3) is 0 Å². The van der Waals surface area contributed by atoms with E-state index in [0.717, 1.165) is 0 Å². The molecule has 2 heteroatoms. The van der Waals surface area contributed by atoms with Gasteiger partial charge in [0.1, 0.15) is 0 Å². The summed E-state index contributed by atoms with van der Waals surface area (Å²) in [5.74, 6) is 0. The Morgan fingerprint density at radius 2 is 2.17 bits per heavy atom. The van der Waals surface area contributed by atoms with Crippen LogP contribution in [0.4, 0.5) is 0 Å². The van der Waals surface area contributed by atoms with E-state index >= 15 is 0 Å². The van der Waals surface area contributed by atoms with Crippen molar-refractivity contribution in [1.82, 2.24) is 0 Å². The molecule has 0 aromatic carbocycles. The summed E-state index contributed by atoms with van der Waals surface area (Å²) in [5.41, 5.74) is 0. The van der Waals surface area contributed by atoms with Crippen molar-refractivity contribution in [2.45, 2.75) is 13.3 Å². The van der Waals surface area contributed by atoms with E-state index in [-0.39, 0.29) is 0 Å². The van der Waals surface area contributed by atoms with Crippen LogP contribution in [-0.4, -0.2) is 12.8 Å². The van der Waals surface area contributed by atoms with Crippen molar-refractivity contribution in [3.63, 3.8) is 0 Å². The average Bonchev–Trinajstić information content (AvgIpc) is 1.35. The van der Waals surface area contributed by atoms with Crippen molar-refractivity contribution in [3.8, 4) is 0 Å². The molecule has 0 aliphatic rings. The summed E-state index contributed by atoms with van der Waals surface area (Å²) in [6.07, 6.45) is 2.78. The van der Waals surface area contributed by atoms with Crippen LogP contribution in [0.3, 0.4) is 0 Å². The second-order valence-electron chi connectivity index (χ2n) is 1.28. The first kappa shape index (κ1) is 7.70. The van der Waals surface area contributed by atoms with Crippen LogP contribution >= 0.6 is 3.26 Å². The average molecular weight is 252 g/mol. The molecule has 0 aromatic rings. The molecule has 1 atom stereocenters. The third-order valence-electron chi connectivity index (χ3n) is 0.518. The minimum absolute atomic E-state index is 0.372. The molecule has 0 rings (SSSR count). The van der Waals surface area contributed by atoms with Gasteiger partial charge in [0.05, 0.1) is 0 Å². The van der Waals surface area contributed by atoms with Gasteiger partial charge in [-0.1, -0.05) is 0 Å². The topological polar surface area (TPSA) is 0 Å². The van der Waals surface area contributed by atoms with E-state index in [9.17, 15) is 0 Å². The van der Waals surface area contributed by atoms with Crippen molar-refractivity contribution in [1.29, 1.82) is 0 Å². The first-order chi connectivity index (χ1) is 2.77. The van der Waals surface area contributed by atoms with Gasteiger partial charge in [-0.3, -0.25) is 0 Å². The molecule has 0 heterocycles. The quantitative estimate of drug-likeness (QED) is 0.659. The molecule has 0 saturated heterocycles. The fourth-order valence-electron chi connectivity index (χ4n) is 0.294. The second kappa shape index (κ2) is 4.85. The van der Waals surface area contributed by atoms with Gasteiger partial charge in [0.25, 0.3) is 0 Å². The van der Waals surface area contributed by atoms with Gasteiger partial charge >= 0.3 is 64.9 Å². The number of rotatable bonds is 2. The van der Waals surface area contributed by atoms with Gasteiger partial charge in [0.15, 0.2) is 0 Å². The molecule has 0 aliphatic heterocycles. The zero-order chi connectivity index (χ0) is 4.99. The SMILES string of the molecule is CCC[P](C)[Dy]. The van der Waals surface area contributed by atoms with Gasteiger partial charge in [-0.25, -0.2) is 0 Å². The molecule has 0 amide bonds. The summed E-state index contributed by atoms with van der Waals surface area (Å²) in [6, 6.07) is 0. The van der Waals surface area contributed by atoms with Crippen LogP contribution in [0, 0.1) is 35.5 Å². The van der Waals surface area contributed by atoms with Crippen LogP contribution in [0.1, 0.15) is 13.3 Å². The molecule has 0 fully saturated rings. The monoisotopic (exact) mass is 253 g/mol. The summed E-state index contributed by atoms with van der Waals surface area (Å²) >= 11 is 2.49. The van der Waals surface area contributed by atoms with Gasteiger partial charge in [-0.05, 0) is 0 Å². The Kier molecular flexibility index (Phi) is 6.23. The van der Waals surface area contributed by atoms with E-state index in [1.54, 1.807) is 0 Å². The Morgan fingerprint density at radius 1 is 1.67 bits per heavy atom. The molecule has 0 saturated carbocycles. The first-order valence-corrected chi connectivity index (χ1v) is 6.64. The summed E-state index contributed by atoms with van der Waals surface area (Å²) in [4.78, 5) is 0. The van der Waals surface area contributed by atoms with Crippen molar-refractivity contribution in [3.05, 3.63) is 0 Å². The Balaban J connectivity index is 2.63. The zero-order valence-corrected chi connectivity index (χ0v) is 7.10. The van der Waals surface area contributed by atoms with E-state index in [1.165, 1.54) is 12.6 Å². The van der Waals surface area contributed by atoms with Gasteiger partial charge < -0.3 is 0 Å². The Bertz CT molecular complexity index is 28.7. The van der Waals surface area contributed by atoms with E-state index in [4.69, 9.17) is 0 Å². The van der Waals surface area contributed by atoms with Crippen LogP contribution in [0.15, 0.2) is 0 Å². The molecule has 0 aromatic heterocycles.